The van der Waals surface area contributed by atoms with Crippen molar-refractivity contribution < 1.29 is 30.6 Å². The summed E-state index contributed by atoms with van der Waals surface area (Å²) >= 11 is 0. The lowest BCUT2D eigenvalue weighted by Gasteiger charge is -2.76. The average Bonchev–Trinajstić information content (AvgIpc) is 2.39. The largest absolute Gasteiger partial charge is 0.390 e. The van der Waals surface area contributed by atoms with Gasteiger partial charge in [0.15, 0.2) is 0 Å². The summed E-state index contributed by atoms with van der Waals surface area (Å²) in [5, 5.41) is 63.4. The Morgan fingerprint density at radius 1 is 1.14 bits per heavy atom. The molecular formula is C15H28O6. The average molecular weight is 304 g/mol. The van der Waals surface area contributed by atoms with Crippen molar-refractivity contribution in [1.29, 1.82) is 0 Å². The molecule has 0 aromatic rings. The van der Waals surface area contributed by atoms with Gasteiger partial charge >= 0.3 is 0 Å². The molecule has 0 radical (unpaired) electrons. The van der Waals surface area contributed by atoms with E-state index >= 15 is 0 Å². The van der Waals surface area contributed by atoms with Gasteiger partial charge in [-0.3, -0.25) is 0 Å². The van der Waals surface area contributed by atoms with E-state index in [1.807, 2.05) is 0 Å². The first-order valence-electron chi connectivity index (χ1n) is 7.56. The van der Waals surface area contributed by atoms with E-state index in [4.69, 9.17) is 0 Å². The summed E-state index contributed by atoms with van der Waals surface area (Å²) < 4.78 is 0. The highest BCUT2D eigenvalue weighted by molar-refractivity contribution is 5.35. The van der Waals surface area contributed by atoms with Crippen molar-refractivity contribution in [3.63, 3.8) is 0 Å². The van der Waals surface area contributed by atoms with Gasteiger partial charge < -0.3 is 30.6 Å². The van der Waals surface area contributed by atoms with E-state index in [2.05, 4.69) is 0 Å². The van der Waals surface area contributed by atoms with E-state index in [0.29, 0.717) is 6.42 Å². The van der Waals surface area contributed by atoms with Gasteiger partial charge in [0.25, 0.3) is 0 Å². The molecule has 2 rings (SSSR count). The van der Waals surface area contributed by atoms with E-state index in [1.165, 1.54) is 13.8 Å². The van der Waals surface area contributed by atoms with Crippen molar-refractivity contribution >= 4 is 0 Å². The first-order valence-corrected chi connectivity index (χ1v) is 7.56. The van der Waals surface area contributed by atoms with Crippen molar-refractivity contribution in [1.82, 2.24) is 0 Å². The number of hydrogen-bond acceptors (Lipinski definition) is 6. The molecule has 2 aliphatic carbocycles. The fourth-order valence-corrected chi connectivity index (χ4v) is 4.96. The van der Waals surface area contributed by atoms with Gasteiger partial charge in [-0.2, -0.15) is 0 Å². The lowest BCUT2D eigenvalue weighted by atomic mass is 9.35. The molecule has 0 amide bonds. The number of fused-ring (bicyclic) bond motifs is 1. The Bertz CT molecular complexity index is 426. The Labute approximate surface area is 125 Å². The lowest BCUT2D eigenvalue weighted by molar-refractivity contribution is -0.445. The summed E-state index contributed by atoms with van der Waals surface area (Å²) in [7, 11) is 0. The molecule has 0 saturated heterocycles. The van der Waals surface area contributed by atoms with Gasteiger partial charge in [0, 0.05) is 5.92 Å². The van der Waals surface area contributed by atoms with E-state index in [0.717, 1.165) is 0 Å². The molecule has 8 atom stereocenters. The Morgan fingerprint density at radius 2 is 1.62 bits per heavy atom. The van der Waals surface area contributed by atoms with Gasteiger partial charge in [-0.05, 0) is 32.1 Å². The quantitative estimate of drug-likeness (QED) is 0.396. The molecule has 21 heavy (non-hydrogen) atoms. The normalized spacial score (nSPS) is 49.4. The van der Waals surface area contributed by atoms with Crippen LogP contribution < -0.4 is 0 Å². The summed E-state index contributed by atoms with van der Waals surface area (Å²) in [5.41, 5.74) is -8.19. The minimum Gasteiger partial charge on any atom is -0.390 e. The smallest absolute Gasteiger partial charge is 0.130 e. The molecule has 2 fully saturated rings. The van der Waals surface area contributed by atoms with Crippen LogP contribution in [0.15, 0.2) is 0 Å². The van der Waals surface area contributed by atoms with E-state index < -0.39 is 46.4 Å². The summed E-state index contributed by atoms with van der Waals surface area (Å²) in [6.45, 7) is 7.46. The summed E-state index contributed by atoms with van der Waals surface area (Å²) in [4.78, 5) is 0. The van der Waals surface area contributed by atoms with Crippen LogP contribution in [0.2, 0.25) is 0 Å². The topological polar surface area (TPSA) is 121 Å². The molecule has 0 aliphatic heterocycles. The fraction of sp³-hybridized carbons (Fsp3) is 1.00. The van der Waals surface area contributed by atoms with Crippen LogP contribution in [0, 0.1) is 17.8 Å². The van der Waals surface area contributed by atoms with E-state index in [1.54, 1.807) is 20.8 Å². The second kappa shape index (κ2) is 4.40. The molecule has 6 nitrogen and oxygen atoms in total. The summed E-state index contributed by atoms with van der Waals surface area (Å²) in [6.07, 6.45) is -2.13. The van der Waals surface area contributed by atoms with E-state index in [9.17, 15) is 30.6 Å². The highest BCUT2D eigenvalue weighted by atomic mass is 16.4. The highest BCUT2D eigenvalue weighted by Crippen LogP contribution is 2.68. The van der Waals surface area contributed by atoms with Gasteiger partial charge in [-0.25, -0.2) is 0 Å². The van der Waals surface area contributed by atoms with Crippen LogP contribution >= 0.6 is 0 Å². The zero-order valence-corrected chi connectivity index (χ0v) is 13.3. The zero-order chi connectivity index (χ0) is 16.6. The molecule has 0 heterocycles. The molecule has 6 N–H and O–H groups in total. The van der Waals surface area contributed by atoms with Crippen molar-refractivity contribution in [3.05, 3.63) is 0 Å². The Hall–Kier alpha value is -0.240. The minimum absolute atomic E-state index is 0.325. The lowest BCUT2D eigenvalue weighted by Crippen LogP contribution is -2.94. The molecule has 6 heteroatoms. The Morgan fingerprint density at radius 3 is 1.95 bits per heavy atom. The van der Waals surface area contributed by atoms with Crippen LogP contribution in [0.3, 0.4) is 0 Å². The first-order chi connectivity index (χ1) is 9.31. The fourth-order valence-electron chi connectivity index (χ4n) is 4.96. The van der Waals surface area contributed by atoms with Gasteiger partial charge in [0.1, 0.15) is 22.4 Å². The van der Waals surface area contributed by atoms with Crippen LogP contribution in [0.25, 0.3) is 0 Å². The summed E-state index contributed by atoms with van der Waals surface area (Å²) in [6, 6.07) is 0. The molecule has 0 aromatic heterocycles. The third-order valence-electron chi connectivity index (χ3n) is 6.46. The number of rotatable bonds is 4. The second-order valence-electron chi connectivity index (χ2n) is 7.47. The third kappa shape index (κ3) is 1.49. The van der Waals surface area contributed by atoms with Gasteiger partial charge in [0.05, 0.1) is 12.2 Å². The van der Waals surface area contributed by atoms with Gasteiger partial charge in [-0.15, -0.1) is 0 Å². The Balaban J connectivity index is 2.52. The summed E-state index contributed by atoms with van der Waals surface area (Å²) in [5.74, 6) is -1.41. The van der Waals surface area contributed by atoms with Crippen molar-refractivity contribution in [2.75, 3.05) is 0 Å². The second-order valence-corrected chi connectivity index (χ2v) is 7.47. The molecule has 8 unspecified atom stereocenters. The van der Waals surface area contributed by atoms with Crippen LogP contribution in [0.1, 0.15) is 41.0 Å². The minimum atomic E-state index is -2.20. The highest BCUT2D eigenvalue weighted by Gasteiger charge is 2.85. The molecule has 2 aliphatic rings. The van der Waals surface area contributed by atoms with Crippen molar-refractivity contribution in [2.24, 2.45) is 17.8 Å². The SMILES string of the molecule is CC(C)C(O)(C(C)O)C(C)(O)C1(O)C(C)C2CC(O)C21O. The maximum Gasteiger partial charge on any atom is 0.130 e. The number of aliphatic hydroxyl groups is 6. The first kappa shape index (κ1) is 17.1. The van der Waals surface area contributed by atoms with Crippen LogP contribution in [0.5, 0.6) is 0 Å². The number of aliphatic hydroxyl groups excluding tert-OH is 2. The van der Waals surface area contributed by atoms with E-state index in [-0.39, 0.29) is 5.92 Å². The molecular weight excluding hydrogens is 276 g/mol. The predicted octanol–water partition coefficient (Wildman–Crippen LogP) is -1.00. The van der Waals surface area contributed by atoms with Crippen molar-refractivity contribution in [2.45, 2.75) is 75.7 Å². The monoisotopic (exact) mass is 304 g/mol. The number of hydrogen-bond donors (Lipinski definition) is 6. The molecule has 0 spiro atoms. The predicted molar refractivity (Wildman–Crippen MR) is 75.3 cm³/mol. The molecule has 124 valence electrons. The van der Waals surface area contributed by atoms with Crippen LogP contribution in [-0.2, 0) is 0 Å². The van der Waals surface area contributed by atoms with Gasteiger partial charge in [-0.1, -0.05) is 20.8 Å². The third-order valence-corrected chi connectivity index (χ3v) is 6.46. The van der Waals surface area contributed by atoms with Crippen LogP contribution in [-0.4, -0.2) is 65.3 Å². The molecule has 0 aromatic carbocycles. The van der Waals surface area contributed by atoms with Crippen molar-refractivity contribution in [3.8, 4) is 0 Å². The maximum atomic E-state index is 11.0. The van der Waals surface area contributed by atoms with Crippen LogP contribution in [0.4, 0.5) is 0 Å². The maximum absolute atomic E-state index is 11.0. The zero-order valence-electron chi connectivity index (χ0n) is 13.3. The Kier molecular flexibility index (Phi) is 3.59. The standard InChI is InChI=1S/C15H28O6/c1-7(2)13(19,9(4)16)12(5,18)15(21)8(3)10-6-11(17)14(10,15)20/h7-11,16-21H,6H2,1-5H3. The van der Waals surface area contributed by atoms with Gasteiger partial charge in [0.2, 0.25) is 0 Å². The molecule has 2 saturated carbocycles. The molecule has 0 bridgehead atoms.